The Labute approximate surface area is 73.9 Å². The van der Waals surface area contributed by atoms with E-state index in [0.29, 0.717) is 5.41 Å². The van der Waals surface area contributed by atoms with Crippen LogP contribution in [0.25, 0.3) is 0 Å². The summed E-state index contributed by atoms with van der Waals surface area (Å²) in [6.07, 6.45) is 2.99. The van der Waals surface area contributed by atoms with Gasteiger partial charge in [-0.25, -0.2) is 0 Å². The van der Waals surface area contributed by atoms with Crippen LogP contribution in [0.4, 0.5) is 0 Å². The molecule has 0 bridgehead atoms. The van der Waals surface area contributed by atoms with Crippen molar-refractivity contribution >= 4 is 11.8 Å². The fourth-order valence-corrected chi connectivity index (χ4v) is 1.63. The van der Waals surface area contributed by atoms with Gasteiger partial charge in [0.25, 0.3) is 0 Å². The Morgan fingerprint density at radius 3 is 2.45 bits per heavy atom. The summed E-state index contributed by atoms with van der Waals surface area (Å²) in [7, 11) is 0. The molecule has 0 rings (SSSR count). The van der Waals surface area contributed by atoms with E-state index >= 15 is 0 Å². The minimum atomic E-state index is 0.155. The maximum absolute atomic E-state index is 8.43. The molecule has 2 heteroatoms. The van der Waals surface area contributed by atoms with Gasteiger partial charge in [-0.2, -0.15) is 0 Å². The lowest BCUT2D eigenvalue weighted by Gasteiger charge is -2.16. The Hall–Kier alpha value is 0.0500. The van der Waals surface area contributed by atoms with E-state index in [1.165, 1.54) is 6.42 Å². The van der Waals surface area contributed by atoms with E-state index in [9.17, 15) is 0 Å². The Kier molecular flexibility index (Phi) is 5.69. The SMILES string of the molecule is CC(C)(C)CCSC=CCO. The number of aliphatic hydroxyl groups is 1. The van der Waals surface area contributed by atoms with Crippen LogP contribution in [0.3, 0.4) is 0 Å². The van der Waals surface area contributed by atoms with Gasteiger partial charge in [0.1, 0.15) is 0 Å². The molecule has 1 N–H and O–H groups in total. The molecule has 0 aliphatic heterocycles. The van der Waals surface area contributed by atoms with Crippen molar-refractivity contribution in [3.8, 4) is 0 Å². The summed E-state index contributed by atoms with van der Waals surface area (Å²) >= 11 is 1.76. The minimum absolute atomic E-state index is 0.155. The fourth-order valence-electron chi connectivity index (χ4n) is 0.544. The molecule has 0 aromatic rings. The van der Waals surface area contributed by atoms with Gasteiger partial charge in [0.2, 0.25) is 0 Å². The van der Waals surface area contributed by atoms with Crippen molar-refractivity contribution in [3.63, 3.8) is 0 Å². The van der Waals surface area contributed by atoms with Gasteiger partial charge in [0.05, 0.1) is 6.61 Å². The van der Waals surface area contributed by atoms with E-state index in [0.717, 1.165) is 5.75 Å². The minimum Gasteiger partial charge on any atom is -0.392 e. The van der Waals surface area contributed by atoms with Gasteiger partial charge >= 0.3 is 0 Å². The molecule has 0 saturated carbocycles. The van der Waals surface area contributed by atoms with Gasteiger partial charge < -0.3 is 5.11 Å². The zero-order chi connectivity index (χ0) is 8.74. The van der Waals surface area contributed by atoms with Crippen molar-refractivity contribution in [1.29, 1.82) is 0 Å². The number of rotatable bonds is 4. The lowest BCUT2D eigenvalue weighted by molar-refractivity contribution is 0.343. The second-order valence-electron chi connectivity index (χ2n) is 3.74. The lowest BCUT2D eigenvalue weighted by atomic mass is 9.94. The van der Waals surface area contributed by atoms with Crippen molar-refractivity contribution in [2.75, 3.05) is 12.4 Å². The molecule has 0 aliphatic carbocycles. The molecule has 0 aliphatic rings. The van der Waals surface area contributed by atoms with Crippen molar-refractivity contribution < 1.29 is 5.11 Å². The maximum Gasteiger partial charge on any atom is 0.0620 e. The molecular weight excluding hydrogens is 156 g/mol. The smallest absolute Gasteiger partial charge is 0.0620 e. The third-order valence-electron chi connectivity index (χ3n) is 1.27. The van der Waals surface area contributed by atoms with E-state index in [-0.39, 0.29) is 6.61 Å². The monoisotopic (exact) mass is 174 g/mol. The lowest BCUT2D eigenvalue weighted by Crippen LogP contribution is -2.05. The first kappa shape index (κ1) is 11.1. The second kappa shape index (κ2) is 5.67. The van der Waals surface area contributed by atoms with Crippen LogP contribution in [0.2, 0.25) is 0 Å². The molecule has 0 saturated heterocycles. The first-order valence-corrected chi connectivity index (χ1v) is 4.98. The van der Waals surface area contributed by atoms with E-state index in [2.05, 4.69) is 20.8 Å². The van der Waals surface area contributed by atoms with Gasteiger partial charge in [0.15, 0.2) is 0 Å². The van der Waals surface area contributed by atoms with Crippen LogP contribution in [0, 0.1) is 5.41 Å². The van der Waals surface area contributed by atoms with Crippen LogP contribution in [-0.2, 0) is 0 Å². The first-order valence-electron chi connectivity index (χ1n) is 3.94. The van der Waals surface area contributed by atoms with Crippen molar-refractivity contribution in [2.24, 2.45) is 5.41 Å². The number of thioether (sulfide) groups is 1. The molecule has 0 aromatic carbocycles. The maximum atomic E-state index is 8.43. The van der Waals surface area contributed by atoms with Gasteiger partial charge in [-0.05, 0) is 23.0 Å². The summed E-state index contributed by atoms with van der Waals surface area (Å²) in [5, 5.41) is 10.4. The largest absolute Gasteiger partial charge is 0.392 e. The van der Waals surface area contributed by atoms with Crippen LogP contribution in [-0.4, -0.2) is 17.5 Å². The summed E-state index contributed by atoms with van der Waals surface area (Å²) in [6.45, 7) is 6.87. The highest BCUT2D eigenvalue weighted by Gasteiger charge is 2.08. The molecule has 0 aromatic heterocycles. The molecular formula is C9H18OS. The van der Waals surface area contributed by atoms with Crippen LogP contribution in [0.15, 0.2) is 11.5 Å². The molecule has 0 fully saturated rings. The van der Waals surface area contributed by atoms with E-state index in [4.69, 9.17) is 5.11 Å². The molecule has 0 spiro atoms. The topological polar surface area (TPSA) is 20.2 Å². The Bertz CT molecular complexity index is 113. The Morgan fingerprint density at radius 2 is 2.00 bits per heavy atom. The van der Waals surface area contributed by atoms with Gasteiger partial charge in [-0.1, -0.05) is 26.8 Å². The fraction of sp³-hybridized carbons (Fsp3) is 0.778. The number of hydrogen-bond acceptors (Lipinski definition) is 2. The van der Waals surface area contributed by atoms with Crippen LogP contribution < -0.4 is 0 Å². The average molecular weight is 174 g/mol. The van der Waals surface area contributed by atoms with Crippen molar-refractivity contribution in [1.82, 2.24) is 0 Å². The van der Waals surface area contributed by atoms with Crippen molar-refractivity contribution in [2.45, 2.75) is 27.2 Å². The summed E-state index contributed by atoms with van der Waals surface area (Å²) in [5.41, 5.74) is 0.431. The molecule has 0 unspecified atom stereocenters. The second-order valence-corrected chi connectivity index (χ2v) is 4.75. The first-order chi connectivity index (χ1) is 5.06. The summed E-state index contributed by atoms with van der Waals surface area (Å²) in [4.78, 5) is 0. The number of hydrogen-bond donors (Lipinski definition) is 1. The highest BCUT2D eigenvalue weighted by atomic mass is 32.2. The van der Waals surface area contributed by atoms with Crippen LogP contribution >= 0.6 is 11.8 Å². The molecule has 11 heavy (non-hydrogen) atoms. The number of aliphatic hydroxyl groups excluding tert-OH is 1. The van der Waals surface area contributed by atoms with Gasteiger partial charge in [0, 0.05) is 0 Å². The van der Waals surface area contributed by atoms with Crippen molar-refractivity contribution in [3.05, 3.63) is 11.5 Å². The average Bonchev–Trinajstić information content (AvgIpc) is 1.85. The zero-order valence-electron chi connectivity index (χ0n) is 7.63. The third kappa shape index (κ3) is 10.1. The van der Waals surface area contributed by atoms with Crippen LogP contribution in [0.1, 0.15) is 27.2 Å². The van der Waals surface area contributed by atoms with Gasteiger partial charge in [-0.3, -0.25) is 0 Å². The molecule has 1 nitrogen and oxygen atoms in total. The van der Waals surface area contributed by atoms with Crippen LogP contribution in [0.5, 0.6) is 0 Å². The summed E-state index contributed by atoms with van der Waals surface area (Å²) in [5.74, 6) is 1.14. The van der Waals surface area contributed by atoms with E-state index in [1.807, 2.05) is 5.41 Å². The molecule has 0 atom stereocenters. The zero-order valence-corrected chi connectivity index (χ0v) is 8.45. The predicted molar refractivity (Wildman–Crippen MR) is 52.8 cm³/mol. The van der Waals surface area contributed by atoms with E-state index in [1.54, 1.807) is 17.8 Å². The third-order valence-corrected chi connectivity index (χ3v) is 2.09. The standard InChI is InChI=1S/C9H18OS/c1-9(2,3)5-8-11-7-4-6-10/h4,7,10H,5-6,8H2,1-3H3. The van der Waals surface area contributed by atoms with E-state index < -0.39 is 0 Å². The van der Waals surface area contributed by atoms with Gasteiger partial charge in [-0.15, -0.1) is 11.8 Å². The Morgan fingerprint density at radius 1 is 1.36 bits per heavy atom. The Balaban J connectivity index is 3.21. The highest BCUT2D eigenvalue weighted by molar-refractivity contribution is 8.02. The molecule has 0 amide bonds. The summed E-state index contributed by atoms with van der Waals surface area (Å²) in [6, 6.07) is 0. The molecule has 66 valence electrons. The quantitative estimate of drug-likeness (QED) is 0.661. The molecule has 0 radical (unpaired) electrons. The molecule has 0 heterocycles. The normalized spacial score (nSPS) is 12.7. The highest BCUT2D eigenvalue weighted by Crippen LogP contribution is 2.21. The summed E-state index contributed by atoms with van der Waals surface area (Å²) < 4.78 is 0. The predicted octanol–water partition coefficient (Wildman–Crippen LogP) is 2.66.